The fourth-order valence-electron chi connectivity index (χ4n) is 3.15. The number of ether oxygens (including phenoxy) is 1. The van der Waals surface area contributed by atoms with E-state index in [1.165, 1.54) is 0 Å². The average Bonchev–Trinajstić information content (AvgIpc) is 2.31. The lowest BCUT2D eigenvalue weighted by Crippen LogP contribution is -2.59. The summed E-state index contributed by atoms with van der Waals surface area (Å²) in [6, 6.07) is 6.47. The Bertz CT molecular complexity index is 435. The number of fused-ring (bicyclic) bond motifs is 2. The first-order valence-corrected chi connectivity index (χ1v) is 6.55. The number of hydrogen-bond acceptors (Lipinski definition) is 4. The van der Waals surface area contributed by atoms with Crippen molar-refractivity contribution in [2.24, 2.45) is 0 Å². The van der Waals surface area contributed by atoms with E-state index in [4.69, 9.17) is 4.74 Å². The Hall–Kier alpha value is -0.970. The molecule has 18 heavy (non-hydrogen) atoms. The molecule has 3 heterocycles. The largest absolute Gasteiger partial charge is 0.383 e. The lowest BCUT2D eigenvalue weighted by molar-refractivity contribution is -0.139. The van der Waals surface area contributed by atoms with Crippen LogP contribution in [0.5, 0.6) is 0 Å². The molecule has 1 aromatic heterocycles. The normalized spacial score (nSPS) is 36.6. The van der Waals surface area contributed by atoms with Crippen LogP contribution in [0.3, 0.4) is 0 Å². The second-order valence-corrected chi connectivity index (χ2v) is 5.61. The molecule has 0 radical (unpaired) electrons. The maximum Gasteiger partial charge on any atom is 0.110 e. The van der Waals surface area contributed by atoms with E-state index in [1.807, 2.05) is 25.1 Å². The van der Waals surface area contributed by atoms with E-state index in [1.54, 1.807) is 0 Å². The summed E-state index contributed by atoms with van der Waals surface area (Å²) in [7, 11) is 2.13. The first-order valence-electron chi connectivity index (χ1n) is 6.55. The standard InChI is InChI=1S/C14H20N2O2/c1-10-4-3-5-13(15-10)14(17)6-11-8-18-9-12(7-14)16(11)2/h3-5,11-12,17H,6-9H2,1-2H3. The Labute approximate surface area is 108 Å². The van der Waals surface area contributed by atoms with Gasteiger partial charge in [0.1, 0.15) is 5.60 Å². The summed E-state index contributed by atoms with van der Waals surface area (Å²) in [4.78, 5) is 6.85. The van der Waals surface area contributed by atoms with Crippen molar-refractivity contribution in [1.82, 2.24) is 9.88 Å². The number of aryl methyl sites for hydroxylation is 1. The van der Waals surface area contributed by atoms with Crippen LogP contribution in [-0.2, 0) is 10.3 Å². The maximum atomic E-state index is 10.9. The van der Waals surface area contributed by atoms with Crippen LogP contribution in [-0.4, -0.2) is 47.3 Å². The van der Waals surface area contributed by atoms with E-state index in [2.05, 4.69) is 16.9 Å². The second-order valence-electron chi connectivity index (χ2n) is 5.61. The SMILES string of the molecule is Cc1cccc(C2(O)CC3COCC(C2)N3C)n1. The average molecular weight is 248 g/mol. The second kappa shape index (κ2) is 4.30. The Kier molecular flexibility index (Phi) is 2.88. The summed E-state index contributed by atoms with van der Waals surface area (Å²) >= 11 is 0. The van der Waals surface area contributed by atoms with Crippen molar-refractivity contribution < 1.29 is 9.84 Å². The van der Waals surface area contributed by atoms with Crippen LogP contribution in [0.15, 0.2) is 18.2 Å². The minimum atomic E-state index is -0.794. The Morgan fingerprint density at radius 1 is 1.33 bits per heavy atom. The van der Waals surface area contributed by atoms with E-state index in [9.17, 15) is 5.11 Å². The molecule has 0 saturated carbocycles. The minimum absolute atomic E-state index is 0.296. The van der Waals surface area contributed by atoms with Crippen LogP contribution in [0.1, 0.15) is 24.2 Å². The molecule has 2 saturated heterocycles. The lowest BCUT2D eigenvalue weighted by Gasteiger charge is -2.49. The molecule has 2 unspecified atom stereocenters. The van der Waals surface area contributed by atoms with E-state index in [0.29, 0.717) is 38.1 Å². The van der Waals surface area contributed by atoms with Gasteiger partial charge < -0.3 is 9.84 Å². The summed E-state index contributed by atoms with van der Waals surface area (Å²) < 4.78 is 5.59. The predicted octanol–water partition coefficient (Wildman–Crippen LogP) is 1.07. The van der Waals surface area contributed by atoms with Crippen LogP contribution >= 0.6 is 0 Å². The fourth-order valence-corrected chi connectivity index (χ4v) is 3.15. The molecule has 98 valence electrons. The van der Waals surface area contributed by atoms with Crippen molar-refractivity contribution >= 4 is 0 Å². The van der Waals surface area contributed by atoms with Crippen LogP contribution in [0.2, 0.25) is 0 Å². The molecular weight excluding hydrogens is 228 g/mol. The molecule has 2 aliphatic rings. The van der Waals surface area contributed by atoms with Gasteiger partial charge in [0.15, 0.2) is 0 Å². The molecule has 2 bridgehead atoms. The monoisotopic (exact) mass is 248 g/mol. The number of pyridine rings is 1. The highest BCUT2D eigenvalue weighted by atomic mass is 16.5. The highest BCUT2D eigenvalue weighted by Gasteiger charge is 2.46. The van der Waals surface area contributed by atoms with Gasteiger partial charge in [-0.05, 0) is 38.9 Å². The van der Waals surface area contributed by atoms with E-state index in [-0.39, 0.29) is 0 Å². The van der Waals surface area contributed by atoms with Gasteiger partial charge >= 0.3 is 0 Å². The molecule has 2 atom stereocenters. The zero-order valence-corrected chi connectivity index (χ0v) is 11.0. The van der Waals surface area contributed by atoms with Gasteiger partial charge in [-0.25, -0.2) is 0 Å². The molecule has 1 N–H and O–H groups in total. The van der Waals surface area contributed by atoms with Crippen LogP contribution < -0.4 is 0 Å². The predicted molar refractivity (Wildman–Crippen MR) is 68.3 cm³/mol. The van der Waals surface area contributed by atoms with Gasteiger partial charge in [-0.3, -0.25) is 9.88 Å². The number of hydrogen-bond donors (Lipinski definition) is 1. The molecule has 2 fully saturated rings. The number of morpholine rings is 1. The number of likely N-dealkylation sites (N-methyl/N-ethyl adjacent to an activating group) is 1. The molecule has 0 spiro atoms. The highest BCUT2D eigenvalue weighted by molar-refractivity contribution is 5.19. The van der Waals surface area contributed by atoms with Crippen molar-refractivity contribution in [2.75, 3.05) is 20.3 Å². The smallest absolute Gasteiger partial charge is 0.110 e. The molecule has 0 amide bonds. The third-order valence-corrected chi connectivity index (χ3v) is 4.28. The molecular formula is C14H20N2O2. The number of aliphatic hydroxyl groups is 1. The van der Waals surface area contributed by atoms with Gasteiger partial charge in [0.2, 0.25) is 0 Å². The van der Waals surface area contributed by atoms with Crippen molar-refractivity contribution in [2.45, 2.75) is 37.5 Å². The molecule has 0 aliphatic carbocycles. The van der Waals surface area contributed by atoms with Crippen molar-refractivity contribution in [3.63, 3.8) is 0 Å². The first kappa shape index (κ1) is 12.1. The van der Waals surface area contributed by atoms with Crippen molar-refractivity contribution in [3.05, 3.63) is 29.6 Å². The topological polar surface area (TPSA) is 45.6 Å². The Morgan fingerprint density at radius 2 is 2.00 bits per heavy atom. The number of piperidine rings is 1. The summed E-state index contributed by atoms with van der Waals surface area (Å²) in [5.74, 6) is 0. The van der Waals surface area contributed by atoms with E-state index in [0.717, 1.165) is 11.4 Å². The third kappa shape index (κ3) is 1.94. The molecule has 4 heteroatoms. The summed E-state index contributed by atoms with van der Waals surface area (Å²) in [5, 5.41) is 10.9. The quantitative estimate of drug-likeness (QED) is 0.807. The molecule has 4 nitrogen and oxygen atoms in total. The zero-order valence-electron chi connectivity index (χ0n) is 11.0. The van der Waals surface area contributed by atoms with Gasteiger partial charge in [0, 0.05) is 17.8 Å². The van der Waals surface area contributed by atoms with Crippen molar-refractivity contribution in [3.8, 4) is 0 Å². The Balaban J connectivity index is 1.92. The summed E-state index contributed by atoms with van der Waals surface area (Å²) in [6.45, 7) is 3.38. The van der Waals surface area contributed by atoms with Gasteiger partial charge in [0.25, 0.3) is 0 Å². The van der Waals surface area contributed by atoms with E-state index < -0.39 is 5.60 Å². The first-order chi connectivity index (χ1) is 8.58. The van der Waals surface area contributed by atoms with Crippen LogP contribution in [0, 0.1) is 6.92 Å². The Morgan fingerprint density at radius 3 is 2.61 bits per heavy atom. The fraction of sp³-hybridized carbons (Fsp3) is 0.643. The van der Waals surface area contributed by atoms with Crippen LogP contribution in [0.4, 0.5) is 0 Å². The molecule has 1 aromatic rings. The third-order valence-electron chi connectivity index (χ3n) is 4.28. The number of aromatic nitrogens is 1. The molecule has 2 aliphatic heterocycles. The van der Waals surface area contributed by atoms with Gasteiger partial charge in [-0.1, -0.05) is 6.07 Å². The van der Waals surface area contributed by atoms with Gasteiger partial charge in [-0.2, -0.15) is 0 Å². The number of rotatable bonds is 1. The van der Waals surface area contributed by atoms with Crippen molar-refractivity contribution in [1.29, 1.82) is 0 Å². The summed E-state index contributed by atoms with van der Waals surface area (Å²) in [6.07, 6.45) is 1.41. The lowest BCUT2D eigenvalue weighted by atomic mass is 9.79. The van der Waals surface area contributed by atoms with E-state index >= 15 is 0 Å². The number of nitrogens with zero attached hydrogens (tertiary/aromatic N) is 2. The molecule has 0 aromatic carbocycles. The van der Waals surface area contributed by atoms with Gasteiger partial charge in [-0.15, -0.1) is 0 Å². The van der Waals surface area contributed by atoms with Crippen LogP contribution in [0.25, 0.3) is 0 Å². The summed E-state index contributed by atoms with van der Waals surface area (Å²) in [5.41, 5.74) is 0.978. The minimum Gasteiger partial charge on any atom is -0.383 e. The molecule has 3 rings (SSSR count). The highest BCUT2D eigenvalue weighted by Crippen LogP contribution is 2.39. The maximum absolute atomic E-state index is 10.9. The van der Waals surface area contributed by atoms with Gasteiger partial charge in [0.05, 0.1) is 18.9 Å². The zero-order chi connectivity index (χ0) is 12.8.